The van der Waals surface area contributed by atoms with Gasteiger partial charge in [-0.15, -0.1) is 0 Å². The van der Waals surface area contributed by atoms with Crippen molar-refractivity contribution in [1.82, 2.24) is 4.72 Å². The van der Waals surface area contributed by atoms with Crippen LogP contribution >= 0.6 is 0 Å². The second-order valence-electron chi connectivity index (χ2n) is 4.41. The van der Waals surface area contributed by atoms with Crippen LogP contribution in [-0.2, 0) is 10.0 Å². The fourth-order valence-corrected chi connectivity index (χ4v) is 3.13. The van der Waals surface area contributed by atoms with Gasteiger partial charge in [0.25, 0.3) is 0 Å². The van der Waals surface area contributed by atoms with Crippen molar-refractivity contribution in [3.05, 3.63) is 18.2 Å². The summed E-state index contributed by atoms with van der Waals surface area (Å²) in [4.78, 5) is 0.167. The molecule has 0 radical (unpaired) electrons. The summed E-state index contributed by atoms with van der Waals surface area (Å²) >= 11 is 0. The number of nitrogens with two attached hydrogens (primary N) is 1. The van der Waals surface area contributed by atoms with E-state index >= 15 is 0 Å². The van der Waals surface area contributed by atoms with Gasteiger partial charge < -0.3 is 15.2 Å². The fraction of sp³-hybridized carbons (Fsp3) is 0.500. The smallest absolute Gasteiger partial charge is 0.240 e. The summed E-state index contributed by atoms with van der Waals surface area (Å²) in [5.74, 6) is 1.03. The van der Waals surface area contributed by atoms with Crippen molar-refractivity contribution in [1.29, 1.82) is 0 Å². The van der Waals surface area contributed by atoms with Crippen LogP contribution in [0.4, 0.5) is 0 Å². The zero-order chi connectivity index (χ0) is 13.9. The molecule has 0 aromatic heterocycles. The molecule has 0 saturated carbocycles. The van der Waals surface area contributed by atoms with E-state index < -0.39 is 10.0 Å². The van der Waals surface area contributed by atoms with Crippen LogP contribution in [-0.4, -0.2) is 34.2 Å². The van der Waals surface area contributed by atoms with Crippen LogP contribution in [0.25, 0.3) is 0 Å². The lowest BCUT2D eigenvalue weighted by Gasteiger charge is -2.19. The summed E-state index contributed by atoms with van der Waals surface area (Å²) in [6.45, 7) is 3.12. The molecular formula is C12H18N2O4S. The van der Waals surface area contributed by atoms with E-state index in [0.29, 0.717) is 37.7 Å². The van der Waals surface area contributed by atoms with Gasteiger partial charge in [0.05, 0.1) is 4.90 Å². The molecule has 0 fully saturated rings. The zero-order valence-corrected chi connectivity index (χ0v) is 11.6. The van der Waals surface area contributed by atoms with Gasteiger partial charge in [-0.1, -0.05) is 0 Å². The van der Waals surface area contributed by atoms with E-state index in [1.165, 1.54) is 12.1 Å². The van der Waals surface area contributed by atoms with E-state index in [-0.39, 0.29) is 10.9 Å². The van der Waals surface area contributed by atoms with Crippen LogP contribution in [0.2, 0.25) is 0 Å². The maximum atomic E-state index is 12.2. The van der Waals surface area contributed by atoms with Crippen LogP contribution in [0.1, 0.15) is 13.3 Å². The maximum absolute atomic E-state index is 12.2. The number of hydrogen-bond donors (Lipinski definition) is 2. The molecular weight excluding hydrogens is 268 g/mol. The van der Waals surface area contributed by atoms with Gasteiger partial charge in [0, 0.05) is 12.1 Å². The molecule has 6 nitrogen and oxygen atoms in total. The predicted octanol–water partition coefficient (Wildman–Crippen LogP) is 0.473. The van der Waals surface area contributed by atoms with Gasteiger partial charge in [-0.3, -0.25) is 0 Å². The monoisotopic (exact) mass is 286 g/mol. The molecule has 1 aliphatic rings. The van der Waals surface area contributed by atoms with Crippen molar-refractivity contribution in [2.75, 3.05) is 19.8 Å². The van der Waals surface area contributed by atoms with Gasteiger partial charge in [0.2, 0.25) is 10.0 Å². The molecule has 0 aliphatic carbocycles. The van der Waals surface area contributed by atoms with E-state index in [1.807, 2.05) is 0 Å². The molecule has 1 unspecified atom stereocenters. The molecule has 2 rings (SSSR count). The molecule has 1 atom stereocenters. The lowest BCUT2D eigenvalue weighted by Crippen LogP contribution is -2.34. The fourth-order valence-electron chi connectivity index (χ4n) is 1.83. The summed E-state index contributed by atoms with van der Waals surface area (Å²) in [5, 5.41) is 0. The van der Waals surface area contributed by atoms with Crippen molar-refractivity contribution in [3.8, 4) is 11.5 Å². The number of fused-ring (bicyclic) bond motifs is 1. The molecule has 0 amide bonds. The van der Waals surface area contributed by atoms with Gasteiger partial charge in [-0.05, 0) is 32.0 Å². The normalized spacial score (nSPS) is 16.1. The number of benzene rings is 1. The Hall–Kier alpha value is -1.31. The van der Waals surface area contributed by atoms with Crippen molar-refractivity contribution < 1.29 is 17.9 Å². The number of ether oxygens (including phenoxy) is 2. The SMILES string of the molecule is CC(CCN)NS(=O)(=O)c1ccc2c(c1)OCCO2. The van der Waals surface area contributed by atoms with Crippen molar-refractivity contribution >= 4 is 10.0 Å². The Labute approximate surface area is 112 Å². The zero-order valence-electron chi connectivity index (χ0n) is 10.8. The third kappa shape index (κ3) is 3.37. The molecule has 1 aromatic carbocycles. The number of rotatable bonds is 5. The first-order chi connectivity index (χ1) is 9.03. The molecule has 0 saturated heterocycles. The van der Waals surface area contributed by atoms with Crippen molar-refractivity contribution in [2.24, 2.45) is 5.73 Å². The van der Waals surface area contributed by atoms with E-state index in [4.69, 9.17) is 15.2 Å². The molecule has 106 valence electrons. The predicted molar refractivity (Wildman–Crippen MR) is 70.9 cm³/mol. The van der Waals surface area contributed by atoms with Gasteiger partial charge in [-0.25, -0.2) is 13.1 Å². The van der Waals surface area contributed by atoms with Gasteiger partial charge >= 0.3 is 0 Å². The van der Waals surface area contributed by atoms with Crippen LogP contribution in [0, 0.1) is 0 Å². The lowest BCUT2D eigenvalue weighted by molar-refractivity contribution is 0.171. The van der Waals surface area contributed by atoms with Crippen LogP contribution in [0.5, 0.6) is 11.5 Å². The highest BCUT2D eigenvalue weighted by atomic mass is 32.2. The molecule has 7 heteroatoms. The third-order valence-electron chi connectivity index (χ3n) is 2.78. The first-order valence-electron chi connectivity index (χ1n) is 6.15. The second-order valence-corrected chi connectivity index (χ2v) is 6.12. The van der Waals surface area contributed by atoms with Gasteiger partial charge in [0.15, 0.2) is 11.5 Å². The molecule has 3 N–H and O–H groups in total. The molecule has 0 spiro atoms. The Kier molecular flexibility index (Phi) is 4.28. The summed E-state index contributed by atoms with van der Waals surface area (Å²) in [6.07, 6.45) is 0.587. The molecule has 19 heavy (non-hydrogen) atoms. The minimum atomic E-state index is -3.56. The highest BCUT2D eigenvalue weighted by Gasteiger charge is 2.20. The second kappa shape index (κ2) is 5.77. The Morgan fingerprint density at radius 3 is 2.68 bits per heavy atom. The van der Waals surface area contributed by atoms with Crippen molar-refractivity contribution in [2.45, 2.75) is 24.3 Å². The van der Waals surface area contributed by atoms with Gasteiger partial charge in [0.1, 0.15) is 13.2 Å². The minimum Gasteiger partial charge on any atom is -0.486 e. The Bertz CT molecular complexity index is 545. The van der Waals surface area contributed by atoms with E-state index in [0.717, 1.165) is 0 Å². The summed E-state index contributed by atoms with van der Waals surface area (Å²) in [6, 6.07) is 4.39. The average molecular weight is 286 g/mol. The quantitative estimate of drug-likeness (QED) is 0.821. The van der Waals surface area contributed by atoms with E-state index in [2.05, 4.69) is 4.72 Å². The minimum absolute atomic E-state index is 0.167. The summed E-state index contributed by atoms with van der Waals surface area (Å²) in [5.41, 5.74) is 5.41. The maximum Gasteiger partial charge on any atom is 0.240 e. The Morgan fingerprint density at radius 1 is 1.32 bits per heavy atom. The number of hydrogen-bond acceptors (Lipinski definition) is 5. The van der Waals surface area contributed by atoms with Crippen LogP contribution < -0.4 is 19.9 Å². The highest BCUT2D eigenvalue weighted by Crippen LogP contribution is 2.32. The topological polar surface area (TPSA) is 90.7 Å². The Morgan fingerprint density at radius 2 is 2.00 bits per heavy atom. The van der Waals surface area contributed by atoms with Crippen molar-refractivity contribution in [3.63, 3.8) is 0 Å². The molecule has 1 heterocycles. The average Bonchev–Trinajstić information content (AvgIpc) is 2.37. The number of sulfonamides is 1. The molecule has 1 aromatic rings. The van der Waals surface area contributed by atoms with E-state index in [1.54, 1.807) is 13.0 Å². The largest absolute Gasteiger partial charge is 0.486 e. The molecule has 0 bridgehead atoms. The van der Waals surface area contributed by atoms with E-state index in [9.17, 15) is 8.42 Å². The summed E-state index contributed by atoms with van der Waals surface area (Å²) < 4.78 is 37.6. The number of nitrogens with one attached hydrogen (secondary N) is 1. The highest BCUT2D eigenvalue weighted by molar-refractivity contribution is 7.89. The van der Waals surface area contributed by atoms with Crippen LogP contribution in [0.15, 0.2) is 23.1 Å². The molecule has 1 aliphatic heterocycles. The van der Waals surface area contributed by atoms with Gasteiger partial charge in [-0.2, -0.15) is 0 Å². The standard InChI is InChI=1S/C12H18N2O4S/c1-9(4-5-13)14-19(15,16)10-2-3-11-12(8-10)18-7-6-17-11/h2-3,8-9,14H,4-7,13H2,1H3. The first-order valence-corrected chi connectivity index (χ1v) is 7.63. The first kappa shape index (κ1) is 14.1. The lowest BCUT2D eigenvalue weighted by atomic mass is 10.3. The Balaban J connectivity index is 2.21. The summed E-state index contributed by atoms with van der Waals surface area (Å²) in [7, 11) is -3.56. The van der Waals surface area contributed by atoms with Crippen LogP contribution in [0.3, 0.4) is 0 Å². The third-order valence-corrected chi connectivity index (χ3v) is 4.37.